The van der Waals surface area contributed by atoms with Gasteiger partial charge in [0.1, 0.15) is 0 Å². The molecule has 1 atom stereocenters. The molecule has 1 aromatic carbocycles. The predicted molar refractivity (Wildman–Crippen MR) is 54.0 cm³/mol. The van der Waals surface area contributed by atoms with Crippen LogP contribution in [0.5, 0.6) is 0 Å². The summed E-state index contributed by atoms with van der Waals surface area (Å²) in [5.74, 6) is 0.375. The van der Waals surface area contributed by atoms with Gasteiger partial charge in [-0.25, -0.2) is 0 Å². The lowest BCUT2D eigenvalue weighted by Gasteiger charge is -2.26. The highest BCUT2D eigenvalue weighted by Crippen LogP contribution is 2.38. The molecule has 4 heteroatoms. The number of alkyl halides is 3. The molecule has 0 aromatic heterocycles. The maximum atomic E-state index is 12.3. The van der Waals surface area contributed by atoms with Gasteiger partial charge in [0.05, 0.1) is 0 Å². The summed E-state index contributed by atoms with van der Waals surface area (Å²) in [5.41, 5.74) is 0.851. The summed E-state index contributed by atoms with van der Waals surface area (Å²) in [4.78, 5) is 0. The van der Waals surface area contributed by atoms with Gasteiger partial charge in [-0.3, -0.25) is 0 Å². The Balaban J connectivity index is 2.21. The van der Waals surface area contributed by atoms with Gasteiger partial charge in [-0.2, -0.15) is 13.2 Å². The van der Waals surface area contributed by atoms with Crippen molar-refractivity contribution in [3.8, 4) is 0 Å². The molecule has 88 valence electrons. The number of rotatable bonds is 2. The second kappa shape index (κ2) is 4.09. The molecular weight excluding hydrogens is 217 g/mol. The molecule has 1 nitrogen and oxygen atoms in total. The van der Waals surface area contributed by atoms with Crippen LogP contribution in [0.4, 0.5) is 13.2 Å². The molecule has 0 unspecified atom stereocenters. The topological polar surface area (TPSA) is 20.2 Å². The quantitative estimate of drug-likeness (QED) is 0.823. The van der Waals surface area contributed by atoms with E-state index in [1.807, 2.05) is 6.07 Å². The number of aliphatic hydroxyl groups excluding tert-OH is 1. The summed E-state index contributed by atoms with van der Waals surface area (Å²) < 4.78 is 36.9. The third kappa shape index (κ3) is 2.21. The molecule has 0 bridgehead atoms. The molecular formula is C12H13F3O. The maximum Gasteiger partial charge on any atom is 0.418 e. The van der Waals surface area contributed by atoms with E-state index in [0.29, 0.717) is 5.92 Å². The Bertz CT molecular complexity index is 369. The first-order valence-electron chi connectivity index (χ1n) is 5.33. The number of benzene rings is 1. The third-order valence-electron chi connectivity index (χ3n) is 3.11. The van der Waals surface area contributed by atoms with E-state index in [1.165, 1.54) is 12.1 Å². The van der Waals surface area contributed by atoms with Crippen molar-refractivity contribution in [2.24, 2.45) is 0 Å². The predicted octanol–water partition coefficient (Wildman–Crippen LogP) is 3.55. The summed E-state index contributed by atoms with van der Waals surface area (Å²) in [6, 6.07) is 6.21. The number of halogens is 3. The van der Waals surface area contributed by atoms with Gasteiger partial charge >= 0.3 is 6.18 Å². The van der Waals surface area contributed by atoms with E-state index in [9.17, 15) is 13.2 Å². The lowest BCUT2D eigenvalue weighted by molar-refractivity contribution is -0.206. The van der Waals surface area contributed by atoms with Crippen molar-refractivity contribution < 1.29 is 18.3 Å². The fraction of sp³-hybridized carbons (Fsp3) is 0.500. The van der Waals surface area contributed by atoms with E-state index in [1.54, 1.807) is 6.07 Å². The maximum absolute atomic E-state index is 12.3. The van der Waals surface area contributed by atoms with Crippen LogP contribution in [0.15, 0.2) is 24.3 Å². The summed E-state index contributed by atoms with van der Waals surface area (Å²) in [5, 5.41) is 9.13. The van der Waals surface area contributed by atoms with Gasteiger partial charge in [-0.15, -0.1) is 0 Å². The third-order valence-corrected chi connectivity index (χ3v) is 3.11. The molecule has 0 aliphatic heterocycles. The molecule has 2 rings (SSSR count). The normalized spacial score (nSPS) is 19.2. The van der Waals surface area contributed by atoms with Crippen LogP contribution in [0.25, 0.3) is 0 Å². The van der Waals surface area contributed by atoms with Crippen LogP contribution in [-0.4, -0.2) is 11.3 Å². The lowest BCUT2D eigenvalue weighted by atomic mass is 9.79. The van der Waals surface area contributed by atoms with Crippen molar-refractivity contribution in [3.63, 3.8) is 0 Å². The van der Waals surface area contributed by atoms with Gasteiger partial charge in [0.25, 0.3) is 0 Å². The fourth-order valence-electron chi connectivity index (χ4n) is 1.91. The van der Waals surface area contributed by atoms with Gasteiger partial charge < -0.3 is 5.11 Å². The standard InChI is InChI=1S/C12H13F3O/c13-12(14,15)11(16)10-6-2-5-9(7-10)8-3-1-4-8/h2,5-8,11,16H,1,3-4H2/t11-/m1/s1. The average Bonchev–Trinajstić information content (AvgIpc) is 2.13. The molecule has 16 heavy (non-hydrogen) atoms. The van der Waals surface area contributed by atoms with E-state index in [4.69, 9.17) is 5.11 Å². The minimum Gasteiger partial charge on any atom is -0.379 e. The largest absolute Gasteiger partial charge is 0.418 e. The molecule has 0 amide bonds. The molecule has 1 fully saturated rings. The van der Waals surface area contributed by atoms with Gasteiger partial charge in [-0.1, -0.05) is 30.7 Å². The molecule has 1 saturated carbocycles. The van der Waals surface area contributed by atoms with Gasteiger partial charge in [0, 0.05) is 0 Å². The average molecular weight is 230 g/mol. The zero-order valence-electron chi connectivity index (χ0n) is 8.67. The molecule has 0 heterocycles. The Labute approximate surface area is 91.9 Å². The van der Waals surface area contributed by atoms with Gasteiger partial charge in [0.15, 0.2) is 6.10 Å². The minimum atomic E-state index is -4.59. The van der Waals surface area contributed by atoms with E-state index < -0.39 is 12.3 Å². The van der Waals surface area contributed by atoms with Crippen molar-refractivity contribution in [2.75, 3.05) is 0 Å². The summed E-state index contributed by atoms with van der Waals surface area (Å²) in [6.45, 7) is 0. The molecule has 1 N–H and O–H groups in total. The van der Waals surface area contributed by atoms with Gasteiger partial charge in [-0.05, 0) is 29.9 Å². The van der Waals surface area contributed by atoms with Crippen LogP contribution in [0, 0.1) is 0 Å². The minimum absolute atomic E-state index is 0.0584. The van der Waals surface area contributed by atoms with Crippen LogP contribution >= 0.6 is 0 Å². The van der Waals surface area contributed by atoms with Crippen molar-refractivity contribution in [1.29, 1.82) is 0 Å². The first-order valence-corrected chi connectivity index (χ1v) is 5.33. The van der Waals surface area contributed by atoms with Crippen molar-refractivity contribution >= 4 is 0 Å². The van der Waals surface area contributed by atoms with Crippen LogP contribution < -0.4 is 0 Å². The fourth-order valence-corrected chi connectivity index (χ4v) is 1.91. The lowest BCUT2D eigenvalue weighted by Crippen LogP contribution is -2.20. The summed E-state index contributed by atoms with van der Waals surface area (Å²) in [6.07, 6.45) is -3.75. The second-order valence-electron chi connectivity index (χ2n) is 4.24. The smallest absolute Gasteiger partial charge is 0.379 e. The Morgan fingerprint density at radius 2 is 1.94 bits per heavy atom. The van der Waals surface area contributed by atoms with Crippen LogP contribution in [0.3, 0.4) is 0 Å². The SMILES string of the molecule is O[C@H](c1cccc(C2CCC2)c1)C(F)(F)F. The van der Waals surface area contributed by atoms with E-state index in [-0.39, 0.29) is 5.56 Å². The second-order valence-corrected chi connectivity index (χ2v) is 4.24. The Kier molecular flexibility index (Phi) is 2.93. The molecule has 1 aromatic rings. The number of hydrogen-bond acceptors (Lipinski definition) is 1. The first kappa shape index (κ1) is 11.5. The van der Waals surface area contributed by atoms with E-state index >= 15 is 0 Å². The van der Waals surface area contributed by atoms with Crippen LogP contribution in [-0.2, 0) is 0 Å². The highest BCUT2D eigenvalue weighted by Gasteiger charge is 2.39. The van der Waals surface area contributed by atoms with E-state index in [2.05, 4.69) is 0 Å². The zero-order chi connectivity index (χ0) is 11.8. The first-order chi connectivity index (χ1) is 7.48. The summed E-state index contributed by atoms with van der Waals surface area (Å²) in [7, 11) is 0. The Morgan fingerprint density at radius 3 is 2.44 bits per heavy atom. The Morgan fingerprint density at radius 1 is 1.25 bits per heavy atom. The summed E-state index contributed by atoms with van der Waals surface area (Å²) >= 11 is 0. The Hall–Kier alpha value is -1.03. The van der Waals surface area contributed by atoms with Crippen LogP contribution in [0.1, 0.15) is 42.4 Å². The highest BCUT2D eigenvalue weighted by molar-refractivity contribution is 5.29. The van der Waals surface area contributed by atoms with Crippen LogP contribution in [0.2, 0.25) is 0 Å². The number of aliphatic hydroxyl groups is 1. The molecule has 1 aliphatic rings. The van der Waals surface area contributed by atoms with Crippen molar-refractivity contribution in [3.05, 3.63) is 35.4 Å². The molecule has 0 spiro atoms. The monoisotopic (exact) mass is 230 g/mol. The van der Waals surface area contributed by atoms with Crippen molar-refractivity contribution in [1.82, 2.24) is 0 Å². The molecule has 0 saturated heterocycles. The van der Waals surface area contributed by atoms with Gasteiger partial charge in [0.2, 0.25) is 0 Å². The molecule has 1 aliphatic carbocycles. The number of hydrogen-bond donors (Lipinski definition) is 1. The molecule has 0 radical (unpaired) electrons. The highest BCUT2D eigenvalue weighted by atomic mass is 19.4. The van der Waals surface area contributed by atoms with E-state index in [0.717, 1.165) is 24.8 Å². The zero-order valence-corrected chi connectivity index (χ0v) is 8.67. The van der Waals surface area contributed by atoms with Crippen molar-refractivity contribution in [2.45, 2.75) is 37.5 Å².